The van der Waals surface area contributed by atoms with Crippen LogP contribution in [0.2, 0.25) is 0 Å². The standard InChI is InChI=1S/C8H11N3O4/c1-2-15-8(12)3-4-10-5-7(9-6-10)11(13)14/h5-6H,2-4H2,1H3. The number of imidazole rings is 1. The summed E-state index contributed by atoms with van der Waals surface area (Å²) < 4.78 is 6.19. The Hall–Kier alpha value is -1.92. The van der Waals surface area contributed by atoms with Crippen molar-refractivity contribution in [3.63, 3.8) is 0 Å². The summed E-state index contributed by atoms with van der Waals surface area (Å²) in [6.45, 7) is 2.39. The van der Waals surface area contributed by atoms with Crippen LogP contribution in [-0.2, 0) is 16.1 Å². The van der Waals surface area contributed by atoms with Gasteiger partial charge in [-0.25, -0.2) is 0 Å². The molecule has 0 fully saturated rings. The number of nitro groups is 1. The minimum atomic E-state index is -0.582. The lowest BCUT2D eigenvalue weighted by atomic mass is 10.4. The minimum absolute atomic E-state index is 0.182. The van der Waals surface area contributed by atoms with E-state index in [4.69, 9.17) is 4.74 Å². The van der Waals surface area contributed by atoms with Gasteiger partial charge in [-0.2, -0.15) is 0 Å². The molecule has 15 heavy (non-hydrogen) atoms. The van der Waals surface area contributed by atoms with Crippen molar-refractivity contribution in [2.75, 3.05) is 6.61 Å². The molecule has 0 aliphatic carbocycles. The second kappa shape index (κ2) is 5.08. The van der Waals surface area contributed by atoms with Gasteiger partial charge in [-0.15, -0.1) is 0 Å². The average Bonchev–Trinajstić information content (AvgIpc) is 2.63. The zero-order chi connectivity index (χ0) is 11.3. The summed E-state index contributed by atoms with van der Waals surface area (Å²) in [7, 11) is 0. The lowest BCUT2D eigenvalue weighted by molar-refractivity contribution is -0.389. The van der Waals surface area contributed by atoms with Crippen molar-refractivity contribution in [1.29, 1.82) is 0 Å². The summed E-state index contributed by atoms with van der Waals surface area (Å²) in [6.07, 6.45) is 2.78. The third kappa shape index (κ3) is 3.37. The summed E-state index contributed by atoms with van der Waals surface area (Å²) in [6, 6.07) is 0. The average molecular weight is 213 g/mol. The smallest absolute Gasteiger partial charge is 0.381 e. The van der Waals surface area contributed by atoms with Crippen LogP contribution in [0, 0.1) is 10.1 Å². The second-order valence-corrected chi connectivity index (χ2v) is 2.78. The quantitative estimate of drug-likeness (QED) is 0.409. The van der Waals surface area contributed by atoms with Gasteiger partial charge >= 0.3 is 11.8 Å². The lowest BCUT2D eigenvalue weighted by Crippen LogP contribution is -2.07. The van der Waals surface area contributed by atoms with E-state index < -0.39 is 4.92 Å². The fraction of sp³-hybridized carbons (Fsp3) is 0.500. The zero-order valence-electron chi connectivity index (χ0n) is 8.25. The SMILES string of the molecule is CCOC(=O)CCn1cnc([N+](=O)[O-])c1. The Kier molecular flexibility index (Phi) is 3.78. The highest BCUT2D eigenvalue weighted by Crippen LogP contribution is 2.06. The van der Waals surface area contributed by atoms with Crippen LogP contribution in [0.4, 0.5) is 5.82 Å². The number of ether oxygens (including phenoxy) is 1. The van der Waals surface area contributed by atoms with Gasteiger partial charge in [0.1, 0.15) is 6.20 Å². The van der Waals surface area contributed by atoms with Gasteiger partial charge in [0.15, 0.2) is 0 Å². The first kappa shape index (κ1) is 11.2. The Morgan fingerprint density at radius 3 is 3.00 bits per heavy atom. The molecular weight excluding hydrogens is 202 g/mol. The maximum atomic E-state index is 11.0. The van der Waals surface area contributed by atoms with Crippen LogP contribution in [0.3, 0.4) is 0 Å². The van der Waals surface area contributed by atoms with Gasteiger partial charge < -0.3 is 19.4 Å². The van der Waals surface area contributed by atoms with Gasteiger partial charge in [0.2, 0.25) is 6.33 Å². The first-order chi connectivity index (χ1) is 7.13. The van der Waals surface area contributed by atoms with Gasteiger partial charge in [-0.05, 0) is 16.8 Å². The molecule has 82 valence electrons. The number of carbonyl (C=O) groups is 1. The molecule has 0 saturated carbocycles. The molecule has 1 aromatic heterocycles. The molecule has 0 radical (unpaired) electrons. The number of esters is 1. The van der Waals surface area contributed by atoms with Crippen LogP contribution in [0.5, 0.6) is 0 Å². The molecule has 0 bridgehead atoms. The van der Waals surface area contributed by atoms with Crippen LogP contribution in [0.15, 0.2) is 12.5 Å². The van der Waals surface area contributed by atoms with Crippen molar-refractivity contribution in [1.82, 2.24) is 9.55 Å². The van der Waals surface area contributed by atoms with Crippen molar-refractivity contribution in [2.45, 2.75) is 19.9 Å². The predicted octanol–water partition coefficient (Wildman–Crippen LogP) is 0.744. The monoisotopic (exact) mass is 213 g/mol. The third-order valence-corrected chi connectivity index (χ3v) is 1.69. The molecule has 1 rings (SSSR count). The molecule has 7 nitrogen and oxygen atoms in total. The molecule has 0 aliphatic rings. The fourth-order valence-electron chi connectivity index (χ4n) is 1.02. The van der Waals surface area contributed by atoms with Crippen LogP contribution in [-0.4, -0.2) is 27.1 Å². The normalized spacial score (nSPS) is 9.93. The maximum absolute atomic E-state index is 11.0. The van der Waals surface area contributed by atoms with Gasteiger partial charge in [0.05, 0.1) is 13.0 Å². The second-order valence-electron chi connectivity index (χ2n) is 2.78. The van der Waals surface area contributed by atoms with E-state index in [1.165, 1.54) is 17.1 Å². The summed E-state index contributed by atoms with van der Waals surface area (Å²) >= 11 is 0. The molecule has 0 saturated heterocycles. The molecule has 1 aromatic rings. The highest BCUT2D eigenvalue weighted by molar-refractivity contribution is 5.69. The van der Waals surface area contributed by atoms with Gasteiger partial charge in [0, 0.05) is 6.54 Å². The first-order valence-corrected chi connectivity index (χ1v) is 4.45. The zero-order valence-corrected chi connectivity index (χ0v) is 8.25. The molecule has 7 heteroatoms. The van der Waals surface area contributed by atoms with Crippen LogP contribution in [0.25, 0.3) is 0 Å². The predicted molar refractivity (Wildman–Crippen MR) is 50.1 cm³/mol. The van der Waals surface area contributed by atoms with E-state index in [1.54, 1.807) is 6.92 Å². The topological polar surface area (TPSA) is 87.3 Å². The van der Waals surface area contributed by atoms with Gasteiger partial charge in [-0.3, -0.25) is 4.79 Å². The lowest BCUT2D eigenvalue weighted by Gasteiger charge is -2.00. The highest BCUT2D eigenvalue weighted by Gasteiger charge is 2.10. The number of carbonyl (C=O) groups excluding carboxylic acids is 1. The van der Waals surface area contributed by atoms with Crippen molar-refractivity contribution in [3.8, 4) is 0 Å². The van der Waals surface area contributed by atoms with E-state index in [9.17, 15) is 14.9 Å². The van der Waals surface area contributed by atoms with Crippen molar-refractivity contribution >= 4 is 11.8 Å². The van der Waals surface area contributed by atoms with E-state index >= 15 is 0 Å². The maximum Gasteiger partial charge on any atom is 0.381 e. The van der Waals surface area contributed by atoms with Crippen LogP contribution in [0.1, 0.15) is 13.3 Å². The highest BCUT2D eigenvalue weighted by atomic mass is 16.6. The summed E-state index contributed by atoms with van der Waals surface area (Å²) in [5.41, 5.74) is 0. The molecule has 0 spiro atoms. The Balaban J connectivity index is 2.44. The molecular formula is C8H11N3O4. The summed E-state index contributed by atoms with van der Waals surface area (Å²) in [4.78, 5) is 24.2. The van der Waals surface area contributed by atoms with E-state index in [2.05, 4.69) is 4.98 Å². The van der Waals surface area contributed by atoms with Crippen molar-refractivity contribution in [3.05, 3.63) is 22.6 Å². The Morgan fingerprint density at radius 2 is 2.47 bits per heavy atom. The van der Waals surface area contributed by atoms with Crippen molar-refractivity contribution < 1.29 is 14.5 Å². The molecule has 0 aromatic carbocycles. The summed E-state index contributed by atoms with van der Waals surface area (Å²) in [5.74, 6) is -0.548. The summed E-state index contributed by atoms with van der Waals surface area (Å²) in [5, 5.41) is 10.3. The fourth-order valence-corrected chi connectivity index (χ4v) is 1.02. The van der Waals surface area contributed by atoms with Crippen LogP contribution < -0.4 is 0 Å². The first-order valence-electron chi connectivity index (χ1n) is 4.45. The minimum Gasteiger partial charge on any atom is -0.466 e. The number of aryl methyl sites for hydroxylation is 1. The third-order valence-electron chi connectivity index (χ3n) is 1.69. The molecule has 0 N–H and O–H groups in total. The van der Waals surface area contributed by atoms with E-state index in [0.29, 0.717) is 13.2 Å². The Morgan fingerprint density at radius 1 is 1.73 bits per heavy atom. The molecule has 1 heterocycles. The molecule has 0 amide bonds. The van der Waals surface area contributed by atoms with Crippen molar-refractivity contribution in [2.24, 2.45) is 0 Å². The Labute approximate surface area is 85.8 Å². The molecule has 0 unspecified atom stereocenters. The largest absolute Gasteiger partial charge is 0.466 e. The number of hydrogen-bond acceptors (Lipinski definition) is 5. The van der Waals surface area contributed by atoms with E-state index in [1.807, 2.05) is 0 Å². The number of hydrogen-bond donors (Lipinski definition) is 0. The molecule has 0 atom stereocenters. The van der Waals surface area contributed by atoms with E-state index in [-0.39, 0.29) is 18.2 Å². The number of rotatable bonds is 5. The number of aromatic nitrogens is 2. The number of nitrogens with zero attached hydrogens (tertiary/aromatic N) is 3. The molecule has 0 aliphatic heterocycles. The van der Waals surface area contributed by atoms with Gasteiger partial charge in [0.25, 0.3) is 0 Å². The van der Waals surface area contributed by atoms with E-state index in [0.717, 1.165) is 0 Å². The Bertz CT molecular complexity index is 361. The van der Waals surface area contributed by atoms with Crippen LogP contribution >= 0.6 is 0 Å². The van der Waals surface area contributed by atoms with Gasteiger partial charge in [-0.1, -0.05) is 0 Å².